The molecule has 3 aromatic rings. The fourth-order valence-corrected chi connectivity index (χ4v) is 6.96. The summed E-state index contributed by atoms with van der Waals surface area (Å²) >= 11 is 1.40. The highest BCUT2D eigenvalue weighted by molar-refractivity contribution is 7.14. The minimum Gasteiger partial charge on any atom is -0.481 e. The summed E-state index contributed by atoms with van der Waals surface area (Å²) in [5, 5.41) is 12.2. The highest BCUT2D eigenvalue weighted by Crippen LogP contribution is 2.43. The zero-order valence-corrected chi connectivity index (χ0v) is 23.1. The number of anilines is 2. The van der Waals surface area contributed by atoms with Gasteiger partial charge in [0, 0.05) is 42.2 Å². The maximum absolute atomic E-state index is 13.8. The zero-order valence-electron chi connectivity index (χ0n) is 22.2. The van der Waals surface area contributed by atoms with Gasteiger partial charge in [0.15, 0.2) is 5.13 Å². The molecule has 1 saturated carbocycles. The molecule has 1 aliphatic carbocycles. The zero-order chi connectivity index (χ0) is 27.6. The average Bonchev–Trinajstić information content (AvgIpc) is 3.58. The van der Waals surface area contributed by atoms with E-state index in [9.17, 15) is 19.5 Å². The number of thiazole rings is 1. The van der Waals surface area contributed by atoms with Crippen molar-refractivity contribution >= 4 is 40.1 Å². The Kier molecular flexibility index (Phi) is 7.47. The van der Waals surface area contributed by atoms with Crippen LogP contribution in [-0.4, -0.2) is 45.9 Å². The van der Waals surface area contributed by atoms with Gasteiger partial charge in [-0.05, 0) is 42.4 Å². The normalized spacial score (nSPS) is 21.8. The first-order chi connectivity index (χ1) is 19.5. The molecule has 2 aromatic heterocycles. The quantitative estimate of drug-likeness (QED) is 0.369. The van der Waals surface area contributed by atoms with Crippen molar-refractivity contribution in [3.63, 3.8) is 0 Å². The molecule has 6 rings (SSSR count). The van der Waals surface area contributed by atoms with E-state index in [1.54, 1.807) is 16.0 Å². The third kappa shape index (κ3) is 5.18. The van der Waals surface area contributed by atoms with Crippen LogP contribution in [0.2, 0.25) is 0 Å². The fourth-order valence-electron chi connectivity index (χ4n) is 6.12. The number of rotatable bonds is 7. The monoisotopic (exact) mass is 556 g/mol. The summed E-state index contributed by atoms with van der Waals surface area (Å²) in [5.41, 5.74) is 3.54. The van der Waals surface area contributed by atoms with Gasteiger partial charge in [0.25, 0.3) is 0 Å². The van der Waals surface area contributed by atoms with Gasteiger partial charge >= 0.3 is 5.97 Å². The third-order valence-corrected chi connectivity index (χ3v) is 9.31. The second-order valence-corrected chi connectivity index (χ2v) is 11.7. The Labute approximate surface area is 237 Å². The maximum Gasteiger partial charge on any atom is 0.304 e. The molecule has 3 aliphatic rings. The van der Waals surface area contributed by atoms with Crippen molar-refractivity contribution in [1.82, 2.24) is 9.97 Å². The van der Waals surface area contributed by atoms with Gasteiger partial charge in [0.1, 0.15) is 5.82 Å². The van der Waals surface area contributed by atoms with Crippen molar-refractivity contribution in [2.24, 2.45) is 17.8 Å². The highest BCUT2D eigenvalue weighted by atomic mass is 32.1. The van der Waals surface area contributed by atoms with Crippen molar-refractivity contribution in [2.75, 3.05) is 22.9 Å². The third-order valence-electron chi connectivity index (χ3n) is 8.45. The minimum absolute atomic E-state index is 0.0443. The molecule has 0 spiro atoms. The number of pyridine rings is 1. The number of carbonyl (C=O) groups is 3. The van der Waals surface area contributed by atoms with Gasteiger partial charge in [0.05, 0.1) is 18.0 Å². The van der Waals surface area contributed by atoms with Crippen molar-refractivity contribution < 1.29 is 19.5 Å². The van der Waals surface area contributed by atoms with Crippen LogP contribution in [0, 0.1) is 17.8 Å². The molecule has 0 bridgehead atoms. The number of carboxylic acid groups (broad SMARTS) is 1. The molecule has 1 aromatic carbocycles. The number of amides is 2. The van der Waals surface area contributed by atoms with Crippen LogP contribution in [0.15, 0.2) is 60.1 Å². The molecule has 2 aliphatic heterocycles. The lowest BCUT2D eigenvalue weighted by Crippen LogP contribution is -2.44. The average molecular weight is 557 g/mol. The van der Waals surface area contributed by atoms with Gasteiger partial charge in [-0.1, -0.05) is 55.7 Å². The molecule has 0 radical (unpaired) electrons. The van der Waals surface area contributed by atoms with Crippen molar-refractivity contribution in [1.29, 1.82) is 0 Å². The molecular weight excluding hydrogens is 524 g/mol. The van der Waals surface area contributed by atoms with Crippen LogP contribution in [0.4, 0.5) is 10.9 Å². The predicted molar refractivity (Wildman–Crippen MR) is 155 cm³/mol. The number of hydrogen-bond donors (Lipinski definition) is 1. The summed E-state index contributed by atoms with van der Waals surface area (Å²) in [5.74, 6) is -0.417. The Morgan fingerprint density at radius 3 is 2.52 bits per heavy atom. The standard InChI is InChI=1S/C31H32N4O4S/c36-28-12-6-16-34(28)27-14-13-21(18-32-27)23-9-1-2-11-24(23)26-19-40-31(33-26)35-15-4-3-10-22(20-7-5-8-20)25(30(35)39)17-29(37)38/h1-4,9,11,13-14,18-20,22,25H,5-8,10,12,15-17H2,(H,37,38). The van der Waals surface area contributed by atoms with Crippen molar-refractivity contribution in [3.8, 4) is 22.4 Å². The summed E-state index contributed by atoms with van der Waals surface area (Å²) < 4.78 is 0. The molecule has 4 heterocycles. The predicted octanol–water partition coefficient (Wildman–Crippen LogP) is 5.80. The smallest absolute Gasteiger partial charge is 0.304 e. The molecule has 206 valence electrons. The molecule has 2 unspecified atom stereocenters. The van der Waals surface area contributed by atoms with Crippen LogP contribution in [0.3, 0.4) is 0 Å². The molecule has 2 atom stereocenters. The molecule has 1 N–H and O–H groups in total. The van der Waals surface area contributed by atoms with Gasteiger partial charge in [-0.2, -0.15) is 0 Å². The number of carbonyl (C=O) groups excluding carboxylic acids is 2. The van der Waals surface area contributed by atoms with E-state index in [0.29, 0.717) is 36.4 Å². The number of aliphatic carboxylic acids is 1. The number of allylic oxidation sites excluding steroid dienone is 1. The van der Waals surface area contributed by atoms with Crippen LogP contribution in [-0.2, 0) is 14.4 Å². The summed E-state index contributed by atoms with van der Waals surface area (Å²) in [4.78, 5) is 50.6. The number of hydrogen-bond acceptors (Lipinski definition) is 6. The Hall–Kier alpha value is -3.85. The number of carboxylic acids is 1. The summed E-state index contributed by atoms with van der Waals surface area (Å²) in [7, 11) is 0. The van der Waals surface area contributed by atoms with E-state index in [-0.39, 0.29) is 24.2 Å². The van der Waals surface area contributed by atoms with Crippen LogP contribution in [0.1, 0.15) is 44.9 Å². The summed E-state index contributed by atoms with van der Waals surface area (Å²) in [6.45, 7) is 1.07. The van der Waals surface area contributed by atoms with Crippen molar-refractivity contribution in [2.45, 2.75) is 44.9 Å². The summed E-state index contributed by atoms with van der Waals surface area (Å²) in [6, 6.07) is 11.8. The van der Waals surface area contributed by atoms with E-state index in [1.165, 1.54) is 11.3 Å². The molecule has 1 saturated heterocycles. The molecular formula is C31H32N4O4S. The molecule has 9 heteroatoms. The van der Waals surface area contributed by atoms with E-state index in [4.69, 9.17) is 4.98 Å². The van der Waals surface area contributed by atoms with Gasteiger partial charge < -0.3 is 5.11 Å². The van der Waals surface area contributed by atoms with Gasteiger partial charge in [-0.15, -0.1) is 11.3 Å². The molecule has 2 amide bonds. The molecule has 40 heavy (non-hydrogen) atoms. The first-order valence-corrected chi connectivity index (χ1v) is 14.9. The van der Waals surface area contributed by atoms with Crippen LogP contribution < -0.4 is 9.80 Å². The first-order valence-electron chi connectivity index (χ1n) is 14.0. The molecule has 2 fully saturated rings. The second-order valence-electron chi connectivity index (χ2n) is 10.8. The fraction of sp³-hybridized carbons (Fsp3) is 0.387. The number of aromatic nitrogens is 2. The van der Waals surface area contributed by atoms with Crippen molar-refractivity contribution in [3.05, 3.63) is 60.1 Å². The first kappa shape index (κ1) is 26.4. The van der Waals surface area contributed by atoms with Gasteiger partial charge in [0.2, 0.25) is 11.8 Å². The van der Waals surface area contributed by atoms with E-state index < -0.39 is 11.9 Å². The van der Waals surface area contributed by atoms with Gasteiger partial charge in [-0.3, -0.25) is 24.2 Å². The SMILES string of the molecule is O=C(O)CC1C(=O)N(c2nc(-c3ccccc3-c3ccc(N4CCCC4=O)nc3)cs2)CC=CCC1C1CCC1. The number of benzene rings is 1. The number of nitrogens with zero attached hydrogens (tertiary/aromatic N) is 4. The van der Waals surface area contributed by atoms with Crippen LogP contribution in [0.25, 0.3) is 22.4 Å². The lowest BCUT2D eigenvalue weighted by Gasteiger charge is -2.39. The largest absolute Gasteiger partial charge is 0.481 e. The van der Waals surface area contributed by atoms with Gasteiger partial charge in [-0.25, -0.2) is 9.97 Å². The molecule has 8 nitrogen and oxygen atoms in total. The Morgan fingerprint density at radius 2 is 1.85 bits per heavy atom. The highest BCUT2D eigenvalue weighted by Gasteiger charge is 2.40. The van der Waals surface area contributed by atoms with E-state index in [0.717, 1.165) is 54.5 Å². The second kappa shape index (κ2) is 11.3. The Balaban J connectivity index is 1.28. The van der Waals surface area contributed by atoms with E-state index >= 15 is 0 Å². The lowest BCUT2D eigenvalue weighted by atomic mass is 9.67. The lowest BCUT2D eigenvalue weighted by molar-refractivity contribution is -0.142. The Bertz CT molecular complexity index is 1450. The van der Waals surface area contributed by atoms with Crippen LogP contribution in [0.5, 0.6) is 0 Å². The topological polar surface area (TPSA) is 104 Å². The van der Waals surface area contributed by atoms with E-state index in [1.807, 2.05) is 47.9 Å². The Morgan fingerprint density at radius 1 is 1.02 bits per heavy atom. The van der Waals surface area contributed by atoms with Crippen LogP contribution >= 0.6 is 11.3 Å². The minimum atomic E-state index is -0.936. The maximum atomic E-state index is 13.8. The van der Waals surface area contributed by atoms with E-state index in [2.05, 4.69) is 11.1 Å². The summed E-state index contributed by atoms with van der Waals surface area (Å²) in [6.07, 6.45) is 11.2.